The van der Waals surface area contributed by atoms with Gasteiger partial charge in [0.25, 0.3) is 11.8 Å². The van der Waals surface area contributed by atoms with E-state index in [-0.39, 0.29) is 33.6 Å². The van der Waals surface area contributed by atoms with Crippen molar-refractivity contribution in [3.8, 4) is 6.07 Å². The van der Waals surface area contributed by atoms with Gasteiger partial charge >= 0.3 is 0 Å². The van der Waals surface area contributed by atoms with Gasteiger partial charge in [-0.3, -0.25) is 9.59 Å². The van der Waals surface area contributed by atoms with Crippen molar-refractivity contribution in [2.24, 2.45) is 4.99 Å². The van der Waals surface area contributed by atoms with Crippen LogP contribution in [0.5, 0.6) is 0 Å². The fourth-order valence-electron chi connectivity index (χ4n) is 3.72. The molecule has 6 nitrogen and oxygen atoms in total. The van der Waals surface area contributed by atoms with Crippen LogP contribution in [0.25, 0.3) is 5.70 Å². The van der Waals surface area contributed by atoms with Crippen LogP contribution in [-0.2, 0) is 4.79 Å². The quantitative estimate of drug-likeness (QED) is 0.539. The van der Waals surface area contributed by atoms with Gasteiger partial charge in [-0.05, 0) is 37.5 Å². The van der Waals surface area contributed by atoms with Crippen molar-refractivity contribution in [3.63, 3.8) is 0 Å². The van der Waals surface area contributed by atoms with Crippen molar-refractivity contribution in [3.05, 3.63) is 74.8 Å². The fraction of sp³-hybridized carbons (Fsp3) is 0.217. The zero-order valence-electron chi connectivity index (χ0n) is 16.5. The second-order valence-corrected chi connectivity index (χ2v) is 8.12. The van der Waals surface area contributed by atoms with Crippen molar-refractivity contribution in [2.45, 2.75) is 19.3 Å². The van der Waals surface area contributed by atoms with Crippen molar-refractivity contribution in [1.82, 2.24) is 10.2 Å². The highest BCUT2D eigenvalue weighted by atomic mass is 35.5. The maximum atomic E-state index is 13.0. The average molecular weight is 453 g/mol. The Bertz CT molecular complexity index is 1170. The zero-order valence-corrected chi connectivity index (χ0v) is 18.0. The van der Waals surface area contributed by atoms with Gasteiger partial charge in [0.1, 0.15) is 17.5 Å². The van der Waals surface area contributed by atoms with E-state index in [0.29, 0.717) is 29.2 Å². The Morgan fingerprint density at radius 2 is 1.74 bits per heavy atom. The van der Waals surface area contributed by atoms with Crippen LogP contribution in [0.4, 0.5) is 0 Å². The molecule has 2 heterocycles. The summed E-state index contributed by atoms with van der Waals surface area (Å²) in [5.74, 6) is -0.526. The first-order valence-corrected chi connectivity index (χ1v) is 10.6. The second-order valence-electron chi connectivity index (χ2n) is 7.27. The van der Waals surface area contributed by atoms with E-state index < -0.39 is 5.91 Å². The number of nitriles is 1. The van der Waals surface area contributed by atoms with Crippen LogP contribution in [-0.4, -0.2) is 35.6 Å². The molecule has 0 saturated carbocycles. The van der Waals surface area contributed by atoms with E-state index in [9.17, 15) is 14.9 Å². The van der Waals surface area contributed by atoms with Gasteiger partial charge in [0.05, 0.1) is 16.3 Å². The van der Waals surface area contributed by atoms with E-state index in [4.69, 9.17) is 23.2 Å². The third-order valence-electron chi connectivity index (χ3n) is 5.27. The molecule has 2 amide bonds. The van der Waals surface area contributed by atoms with Crippen LogP contribution < -0.4 is 5.32 Å². The van der Waals surface area contributed by atoms with Gasteiger partial charge in [-0.15, -0.1) is 0 Å². The molecule has 0 spiro atoms. The maximum absolute atomic E-state index is 13.0. The van der Waals surface area contributed by atoms with Crippen molar-refractivity contribution in [1.29, 1.82) is 5.26 Å². The topological polar surface area (TPSA) is 85.6 Å². The summed E-state index contributed by atoms with van der Waals surface area (Å²) in [7, 11) is 0. The summed E-state index contributed by atoms with van der Waals surface area (Å²) in [4.78, 5) is 32.0. The third kappa shape index (κ3) is 4.20. The number of hydrogen-bond donors (Lipinski definition) is 1. The Morgan fingerprint density at radius 3 is 2.42 bits per heavy atom. The summed E-state index contributed by atoms with van der Waals surface area (Å²) in [5, 5.41) is 13.2. The molecule has 2 aromatic rings. The Balaban J connectivity index is 1.71. The number of benzene rings is 2. The lowest BCUT2D eigenvalue weighted by Crippen LogP contribution is -2.36. The largest absolute Gasteiger partial charge is 0.338 e. The van der Waals surface area contributed by atoms with Gasteiger partial charge in [0, 0.05) is 29.2 Å². The van der Waals surface area contributed by atoms with Crippen LogP contribution in [0.3, 0.4) is 0 Å². The average Bonchev–Trinajstić information content (AvgIpc) is 3.13. The minimum Gasteiger partial charge on any atom is -0.338 e. The minimum atomic E-state index is -0.461. The molecule has 156 valence electrons. The smallest absolute Gasteiger partial charge is 0.266 e. The van der Waals surface area contributed by atoms with Crippen LogP contribution in [0.1, 0.15) is 40.7 Å². The first-order valence-electron chi connectivity index (χ1n) is 9.88. The summed E-state index contributed by atoms with van der Waals surface area (Å²) in [6, 6.07) is 13.8. The molecule has 2 aliphatic rings. The molecule has 1 N–H and O–H groups in total. The molecule has 31 heavy (non-hydrogen) atoms. The predicted octanol–water partition coefficient (Wildman–Crippen LogP) is 4.43. The number of amidine groups is 1. The molecule has 8 heteroatoms. The fourth-order valence-corrected chi connectivity index (χ4v) is 4.21. The van der Waals surface area contributed by atoms with Crippen molar-refractivity contribution < 1.29 is 9.59 Å². The highest BCUT2D eigenvalue weighted by molar-refractivity contribution is 6.37. The first kappa shape index (κ1) is 21.1. The highest BCUT2D eigenvalue weighted by Gasteiger charge is 2.30. The maximum Gasteiger partial charge on any atom is 0.266 e. The normalized spacial score (nSPS) is 16.8. The molecule has 1 saturated heterocycles. The molecule has 1 fully saturated rings. The van der Waals surface area contributed by atoms with E-state index in [1.165, 1.54) is 12.1 Å². The number of rotatable bonds is 2. The Morgan fingerprint density at radius 1 is 1.03 bits per heavy atom. The minimum absolute atomic E-state index is 0.0249. The van der Waals surface area contributed by atoms with Crippen molar-refractivity contribution in [2.75, 3.05) is 13.1 Å². The van der Waals surface area contributed by atoms with Crippen LogP contribution in [0, 0.1) is 11.3 Å². The molecule has 0 unspecified atom stereocenters. The molecule has 2 aromatic carbocycles. The highest BCUT2D eigenvalue weighted by Crippen LogP contribution is 2.32. The predicted molar refractivity (Wildman–Crippen MR) is 120 cm³/mol. The number of carbonyl (C=O) groups is 2. The Labute approximate surface area is 189 Å². The summed E-state index contributed by atoms with van der Waals surface area (Å²) >= 11 is 12.1. The van der Waals surface area contributed by atoms with Crippen LogP contribution >= 0.6 is 23.2 Å². The summed E-state index contributed by atoms with van der Waals surface area (Å²) < 4.78 is 0. The van der Waals surface area contributed by atoms with Crippen LogP contribution in [0.2, 0.25) is 10.0 Å². The zero-order chi connectivity index (χ0) is 22.0. The van der Waals surface area contributed by atoms with E-state index in [0.717, 1.165) is 19.3 Å². The lowest BCUT2D eigenvalue weighted by atomic mass is 10.0. The van der Waals surface area contributed by atoms with Gasteiger partial charge < -0.3 is 10.2 Å². The summed E-state index contributed by atoms with van der Waals surface area (Å²) in [6.45, 7) is 1.25. The molecule has 0 radical (unpaired) electrons. The van der Waals surface area contributed by atoms with E-state index in [2.05, 4.69) is 10.3 Å². The molecular weight excluding hydrogens is 435 g/mol. The van der Waals surface area contributed by atoms with Gasteiger partial charge in [-0.25, -0.2) is 4.99 Å². The van der Waals surface area contributed by atoms with Gasteiger partial charge in [0.2, 0.25) is 0 Å². The van der Waals surface area contributed by atoms with Gasteiger partial charge in [-0.1, -0.05) is 47.5 Å². The van der Waals surface area contributed by atoms with E-state index >= 15 is 0 Å². The van der Waals surface area contributed by atoms with E-state index in [1.807, 2.05) is 6.07 Å². The molecule has 0 aliphatic carbocycles. The first-order chi connectivity index (χ1) is 15.0. The number of amides is 2. The lowest BCUT2D eigenvalue weighted by molar-refractivity contribution is -0.127. The Kier molecular flexibility index (Phi) is 6.08. The number of likely N-dealkylation sites (tertiary alicyclic amines) is 1. The molecular formula is C23H18Cl2N4O2. The number of nitrogens with zero attached hydrogens (tertiary/aromatic N) is 3. The SMILES string of the molecule is N#CC(C(=O)N1CCCCC1)=C1N=C(NC(=O)c2ccc(Cl)cc2Cl)c2ccccc21. The number of nitrogens with one attached hydrogen (secondary N) is 1. The van der Waals surface area contributed by atoms with Crippen LogP contribution in [0.15, 0.2) is 53.0 Å². The molecule has 0 atom stereocenters. The number of halogens is 2. The van der Waals surface area contributed by atoms with Gasteiger partial charge in [-0.2, -0.15) is 5.26 Å². The molecule has 4 rings (SSSR count). The monoisotopic (exact) mass is 452 g/mol. The molecule has 2 aliphatic heterocycles. The lowest BCUT2D eigenvalue weighted by Gasteiger charge is -2.26. The van der Waals surface area contributed by atoms with Crippen molar-refractivity contribution >= 4 is 46.5 Å². The number of fused-ring (bicyclic) bond motifs is 1. The summed E-state index contributed by atoms with van der Waals surface area (Å²) in [6.07, 6.45) is 2.91. The summed E-state index contributed by atoms with van der Waals surface area (Å²) in [5.41, 5.74) is 1.75. The molecule has 0 aromatic heterocycles. The third-order valence-corrected chi connectivity index (χ3v) is 5.82. The number of piperidine rings is 1. The standard InChI is InChI=1S/C23H18Cl2N4O2/c24-14-8-9-17(19(25)12-14)22(30)28-21-16-7-3-2-6-15(16)20(27-21)18(13-26)23(31)29-10-4-1-5-11-29/h2-3,6-9,12H,1,4-5,10-11H2,(H,27,28,30). The number of carbonyl (C=O) groups excluding carboxylic acids is 2. The van der Waals surface area contributed by atoms with Gasteiger partial charge in [0.15, 0.2) is 0 Å². The molecule has 0 bridgehead atoms. The second kappa shape index (κ2) is 8.93. The Hall–Kier alpha value is -3.14. The number of aliphatic imine (C=N–C) groups is 1. The van der Waals surface area contributed by atoms with E-state index in [1.54, 1.807) is 35.2 Å². The number of hydrogen-bond acceptors (Lipinski definition) is 4.